The van der Waals surface area contributed by atoms with Crippen LogP contribution < -0.4 is 0 Å². The number of esters is 1. The van der Waals surface area contributed by atoms with Crippen LogP contribution in [-0.2, 0) is 4.74 Å². The predicted octanol–water partition coefficient (Wildman–Crippen LogP) is 4.71. The van der Waals surface area contributed by atoms with E-state index in [1.54, 1.807) is 13.0 Å². The Bertz CT molecular complexity index is 627. The fourth-order valence-corrected chi connectivity index (χ4v) is 3.12. The molecule has 2 rings (SSSR count). The maximum Gasteiger partial charge on any atom is 0.358 e. The van der Waals surface area contributed by atoms with Gasteiger partial charge in [0.15, 0.2) is 5.69 Å². The molecule has 0 saturated carbocycles. The largest absolute Gasteiger partial charge is 0.461 e. The molecule has 0 atom stereocenters. The first-order chi connectivity index (χ1) is 9.02. The Morgan fingerprint density at radius 1 is 1.53 bits per heavy atom. The number of aromatic nitrogens is 1. The number of thiazole rings is 1. The zero-order valence-corrected chi connectivity index (χ0v) is 13.5. The summed E-state index contributed by atoms with van der Waals surface area (Å²) < 4.78 is 5.89. The lowest BCUT2D eigenvalue weighted by Crippen LogP contribution is -2.06. The summed E-state index contributed by atoms with van der Waals surface area (Å²) in [6.07, 6.45) is 0. The van der Waals surface area contributed by atoms with Gasteiger partial charge in [-0.05, 0) is 32.0 Å². The zero-order valence-electron chi connectivity index (χ0n) is 10.4. The minimum Gasteiger partial charge on any atom is -0.461 e. The van der Waals surface area contributed by atoms with Crippen molar-refractivity contribution in [3.8, 4) is 10.6 Å². The highest BCUT2D eigenvalue weighted by atomic mass is 79.9. The van der Waals surface area contributed by atoms with Gasteiger partial charge in [-0.2, -0.15) is 0 Å². The van der Waals surface area contributed by atoms with Gasteiger partial charge >= 0.3 is 5.97 Å². The molecule has 0 N–H and O–H groups in total. The molecule has 19 heavy (non-hydrogen) atoms. The highest BCUT2D eigenvalue weighted by Crippen LogP contribution is 2.34. The van der Waals surface area contributed by atoms with Crippen LogP contribution in [0.2, 0.25) is 5.02 Å². The number of nitrogens with zero attached hydrogens (tertiary/aromatic N) is 1. The highest BCUT2D eigenvalue weighted by molar-refractivity contribution is 9.10. The van der Waals surface area contributed by atoms with Gasteiger partial charge in [0.05, 0.1) is 11.6 Å². The van der Waals surface area contributed by atoms with Crippen LogP contribution in [0.15, 0.2) is 22.7 Å². The van der Waals surface area contributed by atoms with E-state index < -0.39 is 5.97 Å². The first kappa shape index (κ1) is 14.5. The quantitative estimate of drug-likeness (QED) is 0.744. The summed E-state index contributed by atoms with van der Waals surface area (Å²) in [5.41, 5.74) is 1.16. The van der Waals surface area contributed by atoms with E-state index in [2.05, 4.69) is 20.9 Å². The summed E-state index contributed by atoms with van der Waals surface area (Å²) in [6, 6.07) is 5.54. The van der Waals surface area contributed by atoms with E-state index in [1.165, 1.54) is 11.3 Å². The third-order valence-electron chi connectivity index (χ3n) is 2.42. The van der Waals surface area contributed by atoms with Crippen molar-refractivity contribution in [2.24, 2.45) is 0 Å². The van der Waals surface area contributed by atoms with Crippen molar-refractivity contribution in [2.45, 2.75) is 13.8 Å². The van der Waals surface area contributed by atoms with Crippen LogP contribution in [0.25, 0.3) is 10.6 Å². The summed E-state index contributed by atoms with van der Waals surface area (Å²) in [6.45, 7) is 3.95. The lowest BCUT2D eigenvalue weighted by atomic mass is 10.2. The van der Waals surface area contributed by atoms with Crippen molar-refractivity contribution >= 4 is 44.8 Å². The van der Waals surface area contributed by atoms with Crippen LogP contribution >= 0.6 is 38.9 Å². The predicted molar refractivity (Wildman–Crippen MR) is 81.0 cm³/mol. The van der Waals surface area contributed by atoms with Gasteiger partial charge in [0.2, 0.25) is 0 Å². The van der Waals surface area contributed by atoms with E-state index in [0.29, 0.717) is 22.3 Å². The van der Waals surface area contributed by atoms with Gasteiger partial charge in [0.25, 0.3) is 0 Å². The fourth-order valence-electron chi connectivity index (χ4n) is 1.56. The average Bonchev–Trinajstić information content (AvgIpc) is 2.74. The maximum absolute atomic E-state index is 11.7. The van der Waals surface area contributed by atoms with Gasteiger partial charge < -0.3 is 4.74 Å². The maximum atomic E-state index is 11.7. The van der Waals surface area contributed by atoms with Crippen molar-refractivity contribution < 1.29 is 9.53 Å². The standard InChI is InChI=1S/C13H11BrClNO2S/c1-3-18-13(17)11-7(2)19-12(16-11)9-6-8(14)4-5-10(9)15/h4-6H,3H2,1-2H3. The third kappa shape index (κ3) is 3.16. The second-order valence-electron chi connectivity index (χ2n) is 3.77. The van der Waals surface area contributed by atoms with E-state index in [-0.39, 0.29) is 0 Å². The number of rotatable bonds is 3. The van der Waals surface area contributed by atoms with Crippen LogP contribution in [0.3, 0.4) is 0 Å². The first-order valence-electron chi connectivity index (χ1n) is 5.63. The Hall–Kier alpha value is -0.910. The van der Waals surface area contributed by atoms with Gasteiger partial charge in [-0.1, -0.05) is 27.5 Å². The SMILES string of the molecule is CCOC(=O)c1nc(-c2cc(Br)ccc2Cl)sc1C. The van der Waals surface area contributed by atoms with E-state index in [9.17, 15) is 4.79 Å². The molecule has 0 aliphatic rings. The Morgan fingerprint density at radius 2 is 2.26 bits per heavy atom. The number of hydrogen-bond acceptors (Lipinski definition) is 4. The smallest absolute Gasteiger partial charge is 0.358 e. The van der Waals surface area contributed by atoms with Crippen LogP contribution in [0.5, 0.6) is 0 Å². The molecule has 0 saturated heterocycles. The minimum absolute atomic E-state index is 0.336. The van der Waals surface area contributed by atoms with Crippen LogP contribution in [-0.4, -0.2) is 17.6 Å². The number of aryl methyl sites for hydroxylation is 1. The van der Waals surface area contributed by atoms with Gasteiger partial charge in [-0.15, -0.1) is 11.3 Å². The average molecular weight is 361 g/mol. The van der Waals surface area contributed by atoms with Crippen molar-refractivity contribution in [1.82, 2.24) is 4.98 Å². The molecule has 0 bridgehead atoms. The van der Waals surface area contributed by atoms with E-state index in [4.69, 9.17) is 16.3 Å². The second-order valence-corrected chi connectivity index (χ2v) is 6.29. The highest BCUT2D eigenvalue weighted by Gasteiger charge is 2.18. The number of carbonyl (C=O) groups is 1. The summed E-state index contributed by atoms with van der Waals surface area (Å²) in [4.78, 5) is 16.9. The van der Waals surface area contributed by atoms with Crippen molar-refractivity contribution in [1.29, 1.82) is 0 Å². The zero-order chi connectivity index (χ0) is 14.0. The number of hydrogen-bond donors (Lipinski definition) is 0. The van der Waals surface area contributed by atoms with Gasteiger partial charge in [-0.25, -0.2) is 9.78 Å². The summed E-state index contributed by atoms with van der Waals surface area (Å²) in [5.74, 6) is -0.395. The molecule has 0 aliphatic heterocycles. The van der Waals surface area contributed by atoms with Crippen molar-refractivity contribution in [3.63, 3.8) is 0 Å². The third-order valence-corrected chi connectivity index (χ3v) is 4.25. The van der Waals surface area contributed by atoms with Gasteiger partial charge in [-0.3, -0.25) is 0 Å². The Labute approximate surface area is 128 Å². The molecular formula is C13H11BrClNO2S. The molecule has 0 spiro atoms. The molecule has 1 aromatic carbocycles. The molecular weight excluding hydrogens is 350 g/mol. The van der Waals surface area contributed by atoms with Crippen LogP contribution in [0, 0.1) is 6.92 Å². The van der Waals surface area contributed by atoms with Gasteiger partial charge in [0.1, 0.15) is 5.01 Å². The second kappa shape index (κ2) is 6.03. The molecule has 3 nitrogen and oxygen atoms in total. The van der Waals surface area contributed by atoms with E-state index in [1.807, 2.05) is 19.1 Å². The molecule has 0 fully saturated rings. The summed E-state index contributed by atoms with van der Waals surface area (Å²) in [5, 5.41) is 1.32. The van der Waals surface area contributed by atoms with Gasteiger partial charge in [0, 0.05) is 14.9 Å². The molecule has 0 amide bonds. The Kier molecular flexibility index (Phi) is 4.60. The lowest BCUT2D eigenvalue weighted by Gasteiger charge is -2.01. The lowest BCUT2D eigenvalue weighted by molar-refractivity contribution is 0.0519. The summed E-state index contributed by atoms with van der Waals surface area (Å²) >= 11 is 11.0. The monoisotopic (exact) mass is 359 g/mol. The Morgan fingerprint density at radius 3 is 2.95 bits per heavy atom. The molecule has 1 heterocycles. The fraction of sp³-hybridized carbons (Fsp3) is 0.231. The molecule has 6 heteroatoms. The first-order valence-corrected chi connectivity index (χ1v) is 7.61. The molecule has 1 aromatic heterocycles. The molecule has 0 radical (unpaired) electrons. The molecule has 0 aliphatic carbocycles. The van der Waals surface area contributed by atoms with E-state index in [0.717, 1.165) is 14.9 Å². The van der Waals surface area contributed by atoms with E-state index >= 15 is 0 Å². The Balaban J connectivity index is 2.44. The number of ether oxygens (including phenoxy) is 1. The van der Waals surface area contributed by atoms with Crippen LogP contribution in [0.4, 0.5) is 0 Å². The number of benzene rings is 1. The number of halogens is 2. The van der Waals surface area contributed by atoms with Crippen molar-refractivity contribution in [2.75, 3.05) is 6.61 Å². The van der Waals surface area contributed by atoms with Crippen LogP contribution in [0.1, 0.15) is 22.3 Å². The topological polar surface area (TPSA) is 39.2 Å². The minimum atomic E-state index is -0.395. The normalized spacial score (nSPS) is 10.5. The number of carbonyl (C=O) groups excluding carboxylic acids is 1. The molecule has 2 aromatic rings. The molecule has 0 unspecified atom stereocenters. The summed E-state index contributed by atoms with van der Waals surface area (Å²) in [7, 11) is 0. The van der Waals surface area contributed by atoms with Crippen molar-refractivity contribution in [3.05, 3.63) is 38.3 Å². The molecule has 100 valence electrons.